The summed E-state index contributed by atoms with van der Waals surface area (Å²) in [4.78, 5) is 14.0. The largest absolute Gasteiger partial charge is 0.338 e. The van der Waals surface area contributed by atoms with Gasteiger partial charge in [-0.3, -0.25) is 4.79 Å². The fourth-order valence-corrected chi connectivity index (χ4v) is 1.74. The maximum absolute atomic E-state index is 12.3. The number of nitrogens with zero attached hydrogens (tertiary/aromatic N) is 1. The molecule has 0 aliphatic rings. The zero-order valence-corrected chi connectivity index (χ0v) is 12.0. The molecule has 0 aliphatic heterocycles. The molecule has 0 aromatic heterocycles. The average molecular weight is 248 g/mol. The fraction of sp³-hybridized carbons (Fsp3) is 0.533. The van der Waals surface area contributed by atoms with Crippen LogP contribution < -0.4 is 5.73 Å². The Hall–Kier alpha value is -1.35. The molecule has 0 saturated heterocycles. The van der Waals surface area contributed by atoms with E-state index in [2.05, 4.69) is 0 Å². The predicted molar refractivity (Wildman–Crippen MR) is 75.1 cm³/mol. The summed E-state index contributed by atoms with van der Waals surface area (Å²) in [5.74, 6) is -0.0150. The van der Waals surface area contributed by atoms with Crippen LogP contribution in [-0.2, 0) is 4.79 Å². The smallest absolute Gasteiger partial charge is 0.240 e. The van der Waals surface area contributed by atoms with E-state index in [4.69, 9.17) is 5.73 Å². The molecule has 0 aliphatic carbocycles. The SMILES string of the molecule is CC(c1ccccc1)N(C)C(=O)[C@@H](N)C(C)(C)C. The van der Waals surface area contributed by atoms with Gasteiger partial charge in [-0.05, 0) is 17.9 Å². The van der Waals surface area contributed by atoms with Gasteiger partial charge >= 0.3 is 0 Å². The highest BCUT2D eigenvalue weighted by Gasteiger charge is 2.31. The first-order chi connectivity index (χ1) is 8.25. The van der Waals surface area contributed by atoms with E-state index < -0.39 is 6.04 Å². The lowest BCUT2D eigenvalue weighted by molar-refractivity contribution is -0.135. The van der Waals surface area contributed by atoms with Crippen molar-refractivity contribution in [3.63, 3.8) is 0 Å². The fourth-order valence-electron chi connectivity index (χ4n) is 1.74. The molecular formula is C15H24N2O. The molecule has 1 unspecified atom stereocenters. The monoisotopic (exact) mass is 248 g/mol. The van der Waals surface area contributed by atoms with Crippen molar-refractivity contribution in [3.8, 4) is 0 Å². The molecule has 1 rings (SSSR count). The molecule has 1 aromatic carbocycles. The molecule has 2 atom stereocenters. The first kappa shape index (κ1) is 14.7. The van der Waals surface area contributed by atoms with Crippen LogP contribution in [0.3, 0.4) is 0 Å². The number of carbonyl (C=O) groups excluding carboxylic acids is 1. The van der Waals surface area contributed by atoms with Crippen LogP contribution >= 0.6 is 0 Å². The zero-order chi connectivity index (χ0) is 13.9. The second kappa shape index (κ2) is 5.53. The van der Waals surface area contributed by atoms with Crippen molar-refractivity contribution in [2.75, 3.05) is 7.05 Å². The Morgan fingerprint density at radius 1 is 1.22 bits per heavy atom. The van der Waals surface area contributed by atoms with Crippen molar-refractivity contribution in [2.45, 2.75) is 39.8 Å². The van der Waals surface area contributed by atoms with E-state index in [1.165, 1.54) is 0 Å². The normalized spacial score (nSPS) is 15.0. The lowest BCUT2D eigenvalue weighted by atomic mass is 9.86. The van der Waals surface area contributed by atoms with E-state index in [0.29, 0.717) is 0 Å². The number of nitrogens with two attached hydrogens (primary N) is 1. The van der Waals surface area contributed by atoms with Crippen molar-refractivity contribution in [1.29, 1.82) is 0 Å². The van der Waals surface area contributed by atoms with Crippen molar-refractivity contribution >= 4 is 5.91 Å². The van der Waals surface area contributed by atoms with Gasteiger partial charge in [0.1, 0.15) is 0 Å². The van der Waals surface area contributed by atoms with Crippen LogP contribution in [0.4, 0.5) is 0 Å². The second-order valence-corrected chi connectivity index (χ2v) is 5.88. The van der Waals surface area contributed by atoms with Gasteiger partial charge in [0.25, 0.3) is 0 Å². The van der Waals surface area contributed by atoms with Crippen molar-refractivity contribution < 1.29 is 4.79 Å². The summed E-state index contributed by atoms with van der Waals surface area (Å²) >= 11 is 0. The molecule has 1 amide bonds. The Labute approximate surface area is 110 Å². The van der Waals surface area contributed by atoms with Gasteiger partial charge in [-0.1, -0.05) is 51.1 Å². The topological polar surface area (TPSA) is 46.3 Å². The summed E-state index contributed by atoms with van der Waals surface area (Å²) in [5.41, 5.74) is 6.92. The Morgan fingerprint density at radius 2 is 1.72 bits per heavy atom. The van der Waals surface area contributed by atoms with Crippen LogP contribution in [0.15, 0.2) is 30.3 Å². The summed E-state index contributed by atoms with van der Waals surface area (Å²) in [5, 5.41) is 0. The summed E-state index contributed by atoms with van der Waals surface area (Å²) < 4.78 is 0. The minimum atomic E-state index is -0.478. The Kier molecular flexibility index (Phi) is 4.52. The number of carbonyl (C=O) groups is 1. The molecule has 0 bridgehead atoms. The quantitative estimate of drug-likeness (QED) is 0.893. The summed E-state index contributed by atoms with van der Waals surface area (Å²) in [6.45, 7) is 7.96. The van der Waals surface area contributed by atoms with Crippen molar-refractivity contribution in [3.05, 3.63) is 35.9 Å². The lowest BCUT2D eigenvalue weighted by Gasteiger charge is -2.33. The Balaban J connectivity index is 2.82. The number of hydrogen-bond acceptors (Lipinski definition) is 2. The van der Waals surface area contributed by atoms with E-state index in [-0.39, 0.29) is 17.4 Å². The number of amides is 1. The molecular weight excluding hydrogens is 224 g/mol. The number of likely N-dealkylation sites (N-methyl/N-ethyl adjacent to an activating group) is 1. The zero-order valence-electron chi connectivity index (χ0n) is 12.0. The highest BCUT2D eigenvalue weighted by atomic mass is 16.2. The maximum atomic E-state index is 12.3. The molecule has 0 fully saturated rings. The lowest BCUT2D eigenvalue weighted by Crippen LogP contribution is -2.49. The van der Waals surface area contributed by atoms with Crippen molar-refractivity contribution in [2.24, 2.45) is 11.1 Å². The van der Waals surface area contributed by atoms with E-state index in [1.54, 1.807) is 4.90 Å². The van der Waals surface area contributed by atoms with Crippen LogP contribution in [0.1, 0.15) is 39.3 Å². The van der Waals surface area contributed by atoms with Gasteiger partial charge in [0.2, 0.25) is 5.91 Å². The molecule has 0 saturated carbocycles. The number of benzene rings is 1. The van der Waals surface area contributed by atoms with Crippen LogP contribution in [-0.4, -0.2) is 23.9 Å². The minimum Gasteiger partial charge on any atom is -0.338 e. The molecule has 0 heterocycles. The van der Waals surface area contributed by atoms with Gasteiger partial charge in [0.15, 0.2) is 0 Å². The third-order valence-corrected chi connectivity index (χ3v) is 3.41. The first-order valence-electron chi connectivity index (χ1n) is 6.32. The molecule has 1 aromatic rings. The van der Waals surface area contributed by atoms with Crippen LogP contribution in [0, 0.1) is 5.41 Å². The Morgan fingerprint density at radius 3 is 2.17 bits per heavy atom. The highest BCUT2D eigenvalue weighted by Crippen LogP contribution is 2.23. The third-order valence-electron chi connectivity index (χ3n) is 3.41. The standard InChI is InChI=1S/C15H24N2O/c1-11(12-9-7-6-8-10-12)17(5)14(18)13(16)15(2,3)4/h6-11,13H,16H2,1-5H3/t11?,13-/m1/s1. The minimum absolute atomic E-state index is 0.0150. The van der Waals surface area contributed by atoms with Gasteiger partial charge < -0.3 is 10.6 Å². The van der Waals surface area contributed by atoms with Gasteiger partial charge in [0.05, 0.1) is 12.1 Å². The van der Waals surface area contributed by atoms with Gasteiger partial charge in [-0.2, -0.15) is 0 Å². The number of hydrogen-bond donors (Lipinski definition) is 1. The molecule has 3 nitrogen and oxygen atoms in total. The molecule has 100 valence electrons. The van der Waals surface area contributed by atoms with Crippen LogP contribution in [0.2, 0.25) is 0 Å². The first-order valence-corrected chi connectivity index (χ1v) is 6.32. The van der Waals surface area contributed by atoms with E-state index in [1.807, 2.05) is 65.1 Å². The van der Waals surface area contributed by atoms with Gasteiger partial charge in [-0.15, -0.1) is 0 Å². The molecule has 3 heteroatoms. The summed E-state index contributed by atoms with van der Waals surface area (Å²) in [6.07, 6.45) is 0. The van der Waals surface area contributed by atoms with E-state index in [0.717, 1.165) is 5.56 Å². The number of rotatable bonds is 3. The van der Waals surface area contributed by atoms with E-state index >= 15 is 0 Å². The Bertz CT molecular complexity index is 395. The highest BCUT2D eigenvalue weighted by molar-refractivity contribution is 5.82. The molecule has 0 spiro atoms. The van der Waals surface area contributed by atoms with E-state index in [9.17, 15) is 4.79 Å². The summed E-state index contributed by atoms with van der Waals surface area (Å²) in [7, 11) is 1.81. The van der Waals surface area contributed by atoms with Crippen molar-refractivity contribution in [1.82, 2.24) is 4.90 Å². The average Bonchev–Trinajstić information content (AvgIpc) is 2.35. The predicted octanol–water partition coefficient (Wildman–Crippen LogP) is 2.58. The molecule has 0 radical (unpaired) electrons. The summed E-state index contributed by atoms with van der Waals surface area (Å²) in [6, 6.07) is 9.54. The molecule has 2 N–H and O–H groups in total. The van der Waals surface area contributed by atoms with Gasteiger partial charge in [-0.25, -0.2) is 0 Å². The van der Waals surface area contributed by atoms with Gasteiger partial charge in [0, 0.05) is 7.05 Å². The van der Waals surface area contributed by atoms with Crippen LogP contribution in [0.25, 0.3) is 0 Å². The maximum Gasteiger partial charge on any atom is 0.240 e. The molecule has 18 heavy (non-hydrogen) atoms. The second-order valence-electron chi connectivity index (χ2n) is 5.88. The third kappa shape index (κ3) is 3.33. The van der Waals surface area contributed by atoms with Crippen LogP contribution in [0.5, 0.6) is 0 Å².